The maximum Gasteiger partial charge on any atom is 0.516 e. The molecule has 0 amide bonds. The molecule has 0 saturated heterocycles. The molecule has 0 aromatic rings. The highest BCUT2D eigenvalue weighted by molar-refractivity contribution is 5.90. The SMILES string of the molecule is CCOC(=O)O[14C](=O)/C=C(C)/C=C/C=C(C)/C=C/C1=C(C)CCCC1(C)C. The van der Waals surface area contributed by atoms with Crippen molar-refractivity contribution in [2.75, 3.05) is 6.61 Å². The second-order valence-corrected chi connectivity index (χ2v) is 7.53. The fraction of sp³-hybridized carbons (Fsp3) is 0.478. The number of hydrogen-bond acceptors (Lipinski definition) is 4. The van der Waals surface area contributed by atoms with Gasteiger partial charge in [0.2, 0.25) is 0 Å². The average Bonchev–Trinajstić information content (AvgIpc) is 2.53. The molecule has 1 aliphatic rings. The van der Waals surface area contributed by atoms with Gasteiger partial charge in [-0.05, 0) is 63.5 Å². The molecule has 0 saturated carbocycles. The van der Waals surface area contributed by atoms with Crippen LogP contribution in [0.25, 0.3) is 0 Å². The highest BCUT2D eigenvalue weighted by Crippen LogP contribution is 2.40. The van der Waals surface area contributed by atoms with E-state index in [1.165, 1.54) is 36.5 Å². The summed E-state index contributed by atoms with van der Waals surface area (Å²) in [5.74, 6) is -0.738. The molecule has 0 unspecified atom stereocenters. The Balaban J connectivity index is 2.68. The minimum atomic E-state index is -0.980. The van der Waals surface area contributed by atoms with Crippen LogP contribution in [0.15, 0.2) is 58.7 Å². The lowest BCUT2D eigenvalue weighted by molar-refractivity contribution is -0.134. The minimum Gasteiger partial charge on any atom is -0.434 e. The number of carbonyl (C=O) groups is 2. The third kappa shape index (κ3) is 8.25. The van der Waals surface area contributed by atoms with Gasteiger partial charge in [-0.2, -0.15) is 0 Å². The molecule has 0 N–H and O–H groups in total. The van der Waals surface area contributed by atoms with E-state index in [2.05, 4.69) is 42.4 Å². The van der Waals surface area contributed by atoms with E-state index < -0.39 is 12.1 Å². The zero-order chi connectivity index (χ0) is 20.4. The lowest BCUT2D eigenvalue weighted by Crippen LogP contribution is -2.19. The molecule has 148 valence electrons. The number of allylic oxidation sites excluding steroid dienone is 9. The van der Waals surface area contributed by atoms with Crippen LogP contribution >= 0.6 is 0 Å². The predicted molar refractivity (Wildman–Crippen MR) is 109 cm³/mol. The summed E-state index contributed by atoms with van der Waals surface area (Å²) in [5.41, 5.74) is 4.94. The lowest BCUT2D eigenvalue weighted by Gasteiger charge is -2.32. The quantitative estimate of drug-likeness (QED) is 0.240. The van der Waals surface area contributed by atoms with Gasteiger partial charge in [0, 0.05) is 6.08 Å². The molecule has 0 heterocycles. The molecule has 1 aliphatic carbocycles. The zero-order valence-corrected chi connectivity index (χ0v) is 17.4. The van der Waals surface area contributed by atoms with E-state index in [4.69, 9.17) is 0 Å². The third-order valence-corrected chi connectivity index (χ3v) is 4.57. The molecule has 1 rings (SSSR count). The first-order valence-corrected chi connectivity index (χ1v) is 9.46. The molecule has 0 aliphatic heterocycles. The van der Waals surface area contributed by atoms with Crippen LogP contribution in [0.1, 0.15) is 60.8 Å². The lowest BCUT2D eigenvalue weighted by atomic mass is 9.72. The normalized spacial score (nSPS) is 18.3. The van der Waals surface area contributed by atoms with E-state index >= 15 is 0 Å². The first-order chi connectivity index (χ1) is 12.7. The molecule has 0 atom stereocenters. The van der Waals surface area contributed by atoms with Gasteiger partial charge < -0.3 is 9.47 Å². The largest absolute Gasteiger partial charge is 0.516 e. The molecular weight excluding hydrogens is 342 g/mol. The maximum absolute atomic E-state index is 11.5. The van der Waals surface area contributed by atoms with Crippen LogP contribution in [0.3, 0.4) is 0 Å². The summed E-state index contributed by atoms with van der Waals surface area (Å²) in [6.07, 6.45) is 13.9. The van der Waals surface area contributed by atoms with Gasteiger partial charge in [-0.1, -0.05) is 55.4 Å². The van der Waals surface area contributed by atoms with Crippen molar-refractivity contribution in [1.29, 1.82) is 0 Å². The Kier molecular flexibility index (Phi) is 8.99. The molecule has 0 fully saturated rings. The van der Waals surface area contributed by atoms with Crippen molar-refractivity contribution >= 4 is 12.1 Å². The Bertz CT molecular complexity index is 700. The molecule has 0 aromatic heterocycles. The van der Waals surface area contributed by atoms with E-state index in [0.29, 0.717) is 5.57 Å². The van der Waals surface area contributed by atoms with Gasteiger partial charge in [0.1, 0.15) is 0 Å². The van der Waals surface area contributed by atoms with Gasteiger partial charge in [0.25, 0.3) is 0 Å². The van der Waals surface area contributed by atoms with Crippen LogP contribution in [0.2, 0.25) is 0 Å². The van der Waals surface area contributed by atoms with Crippen molar-refractivity contribution in [1.82, 2.24) is 0 Å². The van der Waals surface area contributed by atoms with E-state index in [0.717, 1.165) is 5.57 Å². The Morgan fingerprint density at radius 1 is 1.22 bits per heavy atom. The number of hydrogen-bond donors (Lipinski definition) is 0. The highest BCUT2D eigenvalue weighted by atomic mass is 16.9. The van der Waals surface area contributed by atoms with Gasteiger partial charge in [0.05, 0.1) is 6.61 Å². The standard InChI is InChI=1S/C23H32O4/c1-7-26-22(25)27-21(24)16-18(3)11-8-10-17(2)13-14-20-19(4)12-9-15-23(20,5)6/h8,10-11,13-14,16H,7,9,12,15H2,1-6H3/b11-8+,14-13+,17-10+,18-16+/i21+2. The summed E-state index contributed by atoms with van der Waals surface area (Å²) in [4.78, 5) is 22.6. The first kappa shape index (κ1) is 22.7. The zero-order valence-electron chi connectivity index (χ0n) is 17.4. The Hall–Kier alpha value is -2.36. The van der Waals surface area contributed by atoms with Crippen LogP contribution in [0, 0.1) is 5.41 Å². The van der Waals surface area contributed by atoms with Gasteiger partial charge in [-0.25, -0.2) is 9.59 Å². The van der Waals surface area contributed by atoms with Crippen molar-refractivity contribution in [2.45, 2.75) is 60.8 Å². The van der Waals surface area contributed by atoms with Gasteiger partial charge in [-0.15, -0.1) is 0 Å². The average molecular weight is 374 g/mol. The molecule has 0 radical (unpaired) electrons. The fourth-order valence-electron chi connectivity index (χ4n) is 3.13. The summed E-state index contributed by atoms with van der Waals surface area (Å²) >= 11 is 0. The Labute approximate surface area is 163 Å². The summed E-state index contributed by atoms with van der Waals surface area (Å²) in [7, 11) is 0. The molecule has 0 spiro atoms. The molecule has 4 nitrogen and oxygen atoms in total. The van der Waals surface area contributed by atoms with Crippen molar-refractivity contribution in [3.8, 4) is 0 Å². The number of rotatable bonds is 6. The van der Waals surface area contributed by atoms with E-state index in [9.17, 15) is 9.59 Å². The summed E-state index contributed by atoms with van der Waals surface area (Å²) < 4.78 is 9.04. The van der Waals surface area contributed by atoms with Crippen molar-refractivity contribution in [3.63, 3.8) is 0 Å². The molecule has 4 heteroatoms. The topological polar surface area (TPSA) is 52.6 Å². The molecule has 0 aromatic carbocycles. The Morgan fingerprint density at radius 2 is 1.93 bits per heavy atom. The maximum atomic E-state index is 11.5. The summed E-state index contributed by atoms with van der Waals surface area (Å²) in [6.45, 7) is 12.5. The minimum absolute atomic E-state index is 0.167. The summed E-state index contributed by atoms with van der Waals surface area (Å²) in [6, 6.07) is 0. The van der Waals surface area contributed by atoms with Crippen molar-refractivity contribution in [3.05, 3.63) is 58.7 Å². The second-order valence-electron chi connectivity index (χ2n) is 7.53. The Morgan fingerprint density at radius 3 is 2.56 bits per heavy atom. The molecular formula is C23H32O4. The van der Waals surface area contributed by atoms with Crippen LogP contribution in [0.5, 0.6) is 0 Å². The number of ether oxygens (including phenoxy) is 2. The van der Waals surface area contributed by atoms with E-state index in [1.807, 2.05) is 19.1 Å². The van der Waals surface area contributed by atoms with E-state index in [-0.39, 0.29) is 12.0 Å². The highest BCUT2D eigenvalue weighted by Gasteiger charge is 2.26. The predicted octanol–water partition coefficient (Wildman–Crippen LogP) is 6.22. The van der Waals surface area contributed by atoms with Crippen molar-refractivity contribution in [2.24, 2.45) is 5.41 Å². The third-order valence-electron chi connectivity index (χ3n) is 4.57. The van der Waals surface area contributed by atoms with E-state index in [1.54, 1.807) is 19.9 Å². The smallest absolute Gasteiger partial charge is 0.434 e. The van der Waals surface area contributed by atoms with Crippen LogP contribution in [-0.4, -0.2) is 18.7 Å². The van der Waals surface area contributed by atoms with Crippen LogP contribution in [0.4, 0.5) is 4.79 Å². The second kappa shape index (κ2) is 10.7. The van der Waals surface area contributed by atoms with Gasteiger partial charge >= 0.3 is 12.1 Å². The van der Waals surface area contributed by atoms with Crippen LogP contribution < -0.4 is 0 Å². The summed E-state index contributed by atoms with van der Waals surface area (Å²) in [5, 5.41) is 0. The monoisotopic (exact) mass is 374 g/mol. The first-order valence-electron chi connectivity index (χ1n) is 9.46. The number of esters is 1. The number of carbonyl (C=O) groups excluding carboxylic acids is 2. The van der Waals surface area contributed by atoms with Crippen LogP contribution in [-0.2, 0) is 14.3 Å². The van der Waals surface area contributed by atoms with Gasteiger partial charge in [-0.3, -0.25) is 0 Å². The van der Waals surface area contributed by atoms with Gasteiger partial charge in [0.15, 0.2) is 0 Å². The molecule has 27 heavy (non-hydrogen) atoms. The fourth-order valence-corrected chi connectivity index (χ4v) is 3.13. The van der Waals surface area contributed by atoms with Crippen molar-refractivity contribution < 1.29 is 19.1 Å². The molecule has 0 bridgehead atoms.